The second-order valence-electron chi connectivity index (χ2n) is 5.67. The molecule has 1 aromatic carbocycles. The Hall–Kier alpha value is -1.83. The molecule has 1 aliphatic rings. The van der Waals surface area contributed by atoms with Gasteiger partial charge < -0.3 is 14.9 Å². The molecule has 0 aromatic heterocycles. The van der Waals surface area contributed by atoms with Crippen LogP contribution >= 0.6 is 0 Å². The summed E-state index contributed by atoms with van der Waals surface area (Å²) in [5.41, 5.74) is 2.36. The highest BCUT2D eigenvalue weighted by Crippen LogP contribution is 2.19. The van der Waals surface area contributed by atoms with Crippen LogP contribution in [-0.4, -0.2) is 60.6 Å². The zero-order valence-electron chi connectivity index (χ0n) is 12.9. The highest BCUT2D eigenvalue weighted by molar-refractivity contribution is 5.97. The summed E-state index contributed by atoms with van der Waals surface area (Å²) >= 11 is 0. The number of hydrogen-bond donors (Lipinski definition) is 1. The van der Waals surface area contributed by atoms with Crippen molar-refractivity contribution in [1.82, 2.24) is 9.80 Å². The van der Waals surface area contributed by atoms with Crippen LogP contribution in [0.4, 0.5) is 0 Å². The van der Waals surface area contributed by atoms with Gasteiger partial charge in [0.25, 0.3) is 5.91 Å². The summed E-state index contributed by atoms with van der Waals surface area (Å²) in [6, 6.07) is 6.09. The third-order valence-electron chi connectivity index (χ3n) is 3.89. The SMILES string of the molecule is Cc1ccc(C#CCO)c(C(=O)N2CCC(N(C)C)C2)c1. The molecule has 1 fully saturated rings. The zero-order chi connectivity index (χ0) is 15.4. The Balaban J connectivity index is 2.25. The van der Waals surface area contributed by atoms with Gasteiger partial charge in [0.2, 0.25) is 0 Å². The van der Waals surface area contributed by atoms with Crippen molar-refractivity contribution < 1.29 is 9.90 Å². The number of rotatable bonds is 2. The summed E-state index contributed by atoms with van der Waals surface area (Å²) in [6.45, 7) is 3.30. The number of likely N-dealkylation sites (N-methyl/N-ethyl adjacent to an activating group) is 1. The molecule has 1 heterocycles. The quantitative estimate of drug-likeness (QED) is 0.829. The minimum atomic E-state index is -0.200. The van der Waals surface area contributed by atoms with E-state index in [1.54, 1.807) is 0 Å². The van der Waals surface area contributed by atoms with Crippen molar-refractivity contribution in [1.29, 1.82) is 0 Å². The van der Waals surface area contributed by atoms with Gasteiger partial charge in [0.05, 0.1) is 5.56 Å². The average molecular weight is 286 g/mol. The van der Waals surface area contributed by atoms with Crippen molar-refractivity contribution in [2.75, 3.05) is 33.8 Å². The van der Waals surface area contributed by atoms with Crippen LogP contribution in [-0.2, 0) is 0 Å². The normalized spacial score (nSPS) is 17.8. The molecule has 0 aliphatic carbocycles. The van der Waals surface area contributed by atoms with Gasteiger partial charge in [-0.1, -0.05) is 23.5 Å². The molecule has 0 radical (unpaired) electrons. The molecule has 21 heavy (non-hydrogen) atoms. The van der Waals surface area contributed by atoms with Crippen LogP contribution < -0.4 is 0 Å². The molecule has 0 bridgehead atoms. The summed E-state index contributed by atoms with van der Waals surface area (Å²) in [5.74, 6) is 5.53. The van der Waals surface area contributed by atoms with E-state index in [0.717, 1.165) is 25.1 Å². The van der Waals surface area contributed by atoms with E-state index in [1.807, 2.05) is 44.1 Å². The monoisotopic (exact) mass is 286 g/mol. The Labute approximate surface area is 126 Å². The lowest BCUT2D eigenvalue weighted by Crippen LogP contribution is -2.34. The fourth-order valence-corrected chi connectivity index (χ4v) is 2.60. The fraction of sp³-hybridized carbons (Fsp3) is 0.471. The van der Waals surface area contributed by atoms with Crippen molar-refractivity contribution >= 4 is 5.91 Å². The molecule has 4 heteroatoms. The number of carbonyl (C=O) groups excluding carboxylic acids is 1. The zero-order valence-corrected chi connectivity index (χ0v) is 12.9. The van der Waals surface area contributed by atoms with Crippen molar-refractivity contribution in [3.63, 3.8) is 0 Å². The summed E-state index contributed by atoms with van der Waals surface area (Å²) in [6.07, 6.45) is 1.00. The molecule has 4 nitrogen and oxygen atoms in total. The number of nitrogens with zero attached hydrogens (tertiary/aromatic N) is 2. The van der Waals surface area contributed by atoms with E-state index < -0.39 is 0 Å². The number of aryl methyl sites for hydroxylation is 1. The van der Waals surface area contributed by atoms with Crippen molar-refractivity contribution in [2.24, 2.45) is 0 Å². The number of aliphatic hydroxyl groups excluding tert-OH is 1. The van der Waals surface area contributed by atoms with Gasteiger partial charge in [-0.05, 0) is 39.6 Å². The first-order valence-corrected chi connectivity index (χ1v) is 7.19. The number of hydrogen-bond acceptors (Lipinski definition) is 3. The second-order valence-corrected chi connectivity index (χ2v) is 5.67. The number of benzene rings is 1. The first kappa shape index (κ1) is 15.6. The van der Waals surface area contributed by atoms with E-state index in [2.05, 4.69) is 16.7 Å². The molecule has 1 aliphatic heterocycles. The highest BCUT2D eigenvalue weighted by atomic mass is 16.2. The minimum Gasteiger partial charge on any atom is -0.384 e. The summed E-state index contributed by atoms with van der Waals surface area (Å²) in [7, 11) is 4.09. The predicted molar refractivity (Wildman–Crippen MR) is 83.1 cm³/mol. The van der Waals surface area contributed by atoms with E-state index in [-0.39, 0.29) is 12.5 Å². The molecule has 1 atom stereocenters. The molecule has 0 saturated carbocycles. The van der Waals surface area contributed by atoms with Gasteiger partial charge in [-0.15, -0.1) is 0 Å². The van der Waals surface area contributed by atoms with Crippen LogP contribution in [0.1, 0.15) is 27.9 Å². The summed E-state index contributed by atoms with van der Waals surface area (Å²) in [4.78, 5) is 16.8. The smallest absolute Gasteiger partial charge is 0.255 e. The van der Waals surface area contributed by atoms with Crippen LogP contribution in [0.2, 0.25) is 0 Å². The maximum Gasteiger partial charge on any atom is 0.255 e. The summed E-state index contributed by atoms with van der Waals surface area (Å²) < 4.78 is 0. The lowest BCUT2D eigenvalue weighted by Gasteiger charge is -2.21. The average Bonchev–Trinajstić information content (AvgIpc) is 2.95. The number of amides is 1. The third-order valence-corrected chi connectivity index (χ3v) is 3.89. The van der Waals surface area contributed by atoms with Gasteiger partial charge in [-0.3, -0.25) is 4.79 Å². The van der Waals surface area contributed by atoms with E-state index in [1.165, 1.54) is 0 Å². The Bertz CT molecular complexity index is 584. The van der Waals surface area contributed by atoms with Crippen LogP contribution in [0.3, 0.4) is 0 Å². The van der Waals surface area contributed by atoms with Gasteiger partial charge in [0.15, 0.2) is 0 Å². The number of carbonyl (C=O) groups is 1. The van der Waals surface area contributed by atoms with Crippen LogP contribution in [0.5, 0.6) is 0 Å². The van der Waals surface area contributed by atoms with Crippen molar-refractivity contribution in [3.8, 4) is 11.8 Å². The Morgan fingerprint density at radius 2 is 2.24 bits per heavy atom. The number of likely N-dealkylation sites (tertiary alicyclic amines) is 1. The van der Waals surface area contributed by atoms with Gasteiger partial charge in [0, 0.05) is 24.7 Å². The fourth-order valence-electron chi connectivity index (χ4n) is 2.60. The minimum absolute atomic E-state index is 0.0327. The highest BCUT2D eigenvalue weighted by Gasteiger charge is 2.28. The molecule has 1 unspecified atom stereocenters. The van der Waals surface area contributed by atoms with Crippen LogP contribution in [0, 0.1) is 18.8 Å². The lowest BCUT2D eigenvalue weighted by molar-refractivity contribution is 0.0782. The molecular formula is C17H22N2O2. The van der Waals surface area contributed by atoms with Gasteiger partial charge in [0.1, 0.15) is 6.61 Å². The maximum absolute atomic E-state index is 12.7. The Morgan fingerprint density at radius 1 is 1.48 bits per heavy atom. The van der Waals surface area contributed by atoms with Gasteiger partial charge in [-0.25, -0.2) is 0 Å². The van der Waals surface area contributed by atoms with E-state index in [4.69, 9.17) is 5.11 Å². The summed E-state index contributed by atoms with van der Waals surface area (Å²) in [5, 5.41) is 8.84. The molecule has 0 spiro atoms. The molecule has 112 valence electrons. The van der Waals surface area contributed by atoms with Crippen molar-refractivity contribution in [3.05, 3.63) is 34.9 Å². The first-order chi connectivity index (χ1) is 10.0. The standard InChI is InChI=1S/C17H22N2O2/c1-13-6-7-14(5-4-10-20)16(11-13)17(21)19-9-8-15(12-19)18(2)3/h6-7,11,15,20H,8-10,12H2,1-3H3. The lowest BCUT2D eigenvalue weighted by atomic mass is 10.0. The second kappa shape index (κ2) is 6.75. The van der Waals surface area contributed by atoms with E-state index in [9.17, 15) is 4.79 Å². The first-order valence-electron chi connectivity index (χ1n) is 7.19. The Morgan fingerprint density at radius 3 is 2.86 bits per heavy atom. The molecule has 1 amide bonds. The van der Waals surface area contributed by atoms with Crippen LogP contribution in [0.25, 0.3) is 0 Å². The Kier molecular flexibility index (Phi) is 5.00. The molecular weight excluding hydrogens is 264 g/mol. The van der Waals surface area contributed by atoms with E-state index in [0.29, 0.717) is 17.2 Å². The molecule has 1 N–H and O–H groups in total. The largest absolute Gasteiger partial charge is 0.384 e. The van der Waals surface area contributed by atoms with Gasteiger partial charge >= 0.3 is 0 Å². The maximum atomic E-state index is 12.7. The molecule has 2 rings (SSSR count). The van der Waals surface area contributed by atoms with E-state index >= 15 is 0 Å². The van der Waals surface area contributed by atoms with Crippen LogP contribution in [0.15, 0.2) is 18.2 Å². The third kappa shape index (κ3) is 3.63. The molecule has 1 saturated heterocycles. The molecule has 1 aromatic rings. The van der Waals surface area contributed by atoms with Crippen molar-refractivity contribution in [2.45, 2.75) is 19.4 Å². The number of aliphatic hydroxyl groups is 1. The predicted octanol–water partition coefficient (Wildman–Crippen LogP) is 1.11. The topological polar surface area (TPSA) is 43.8 Å². The van der Waals surface area contributed by atoms with Gasteiger partial charge in [-0.2, -0.15) is 0 Å².